The number of hydrogen-bond acceptors (Lipinski definition) is 1. The molecule has 1 heterocycles. The summed E-state index contributed by atoms with van der Waals surface area (Å²) in [6.45, 7) is 4.73. The summed E-state index contributed by atoms with van der Waals surface area (Å²) in [4.78, 5) is 0. The summed E-state index contributed by atoms with van der Waals surface area (Å²) in [5, 5.41) is 10.1. The third-order valence-electron chi connectivity index (χ3n) is 9.21. The van der Waals surface area contributed by atoms with Crippen molar-refractivity contribution in [3.8, 4) is 22.3 Å². The van der Waals surface area contributed by atoms with Crippen LogP contribution in [0.3, 0.4) is 0 Å². The molecule has 0 radical (unpaired) electrons. The summed E-state index contributed by atoms with van der Waals surface area (Å²) in [5.74, 6) is 0. The van der Waals surface area contributed by atoms with Crippen molar-refractivity contribution >= 4 is 54.3 Å². The van der Waals surface area contributed by atoms with Crippen LogP contribution in [0.5, 0.6) is 0 Å². The minimum absolute atomic E-state index is 0.0973. The average molecular weight is 511 g/mol. The molecule has 1 heteroatoms. The SMILES string of the molecule is CC1(C)c2ccc(-c3c4ccccc4cc4ccccc34)cc2-c2cc3ccc4oc5ccccc5c4c3cc21. The number of benzene rings is 7. The van der Waals surface area contributed by atoms with Crippen molar-refractivity contribution in [3.05, 3.63) is 132 Å². The van der Waals surface area contributed by atoms with E-state index in [1.54, 1.807) is 0 Å². The molecule has 9 rings (SSSR count). The van der Waals surface area contributed by atoms with Gasteiger partial charge < -0.3 is 4.42 Å². The summed E-state index contributed by atoms with van der Waals surface area (Å²) in [6.07, 6.45) is 0. The molecule has 188 valence electrons. The quantitative estimate of drug-likeness (QED) is 0.200. The maximum absolute atomic E-state index is 6.23. The third-order valence-corrected chi connectivity index (χ3v) is 9.21. The van der Waals surface area contributed by atoms with E-state index in [9.17, 15) is 0 Å². The van der Waals surface area contributed by atoms with Crippen molar-refractivity contribution in [1.82, 2.24) is 0 Å². The lowest BCUT2D eigenvalue weighted by atomic mass is 9.81. The molecule has 7 aromatic carbocycles. The minimum atomic E-state index is -0.0973. The maximum atomic E-state index is 6.23. The van der Waals surface area contributed by atoms with E-state index in [1.165, 1.54) is 76.5 Å². The Balaban J connectivity index is 1.34. The van der Waals surface area contributed by atoms with Crippen molar-refractivity contribution in [1.29, 1.82) is 0 Å². The number of furan rings is 1. The van der Waals surface area contributed by atoms with Crippen LogP contribution in [0.1, 0.15) is 25.0 Å². The van der Waals surface area contributed by atoms with Gasteiger partial charge in [-0.05, 0) is 102 Å². The van der Waals surface area contributed by atoms with E-state index in [0.717, 1.165) is 11.2 Å². The highest BCUT2D eigenvalue weighted by Crippen LogP contribution is 2.52. The topological polar surface area (TPSA) is 13.1 Å². The van der Waals surface area contributed by atoms with Crippen molar-refractivity contribution < 1.29 is 4.42 Å². The first-order valence-corrected chi connectivity index (χ1v) is 14.0. The van der Waals surface area contributed by atoms with E-state index in [2.05, 4.69) is 129 Å². The van der Waals surface area contributed by atoms with Crippen molar-refractivity contribution in [2.24, 2.45) is 0 Å². The standard InChI is InChI=1S/C39H26O/c1-39(2)33-17-15-26(37-27-11-5-3-9-23(27)19-24-10-4-6-12-28(24)37)21-31(33)32-20-25-16-18-36-38(30(25)22-34(32)39)29-13-7-8-14-35(29)40-36/h3-22H,1-2H3. The second-order valence-corrected chi connectivity index (χ2v) is 11.7. The molecule has 0 unspecified atom stereocenters. The molecule has 0 amide bonds. The first-order chi connectivity index (χ1) is 19.6. The van der Waals surface area contributed by atoms with Crippen molar-refractivity contribution in [3.63, 3.8) is 0 Å². The van der Waals surface area contributed by atoms with Gasteiger partial charge in [0.2, 0.25) is 0 Å². The van der Waals surface area contributed by atoms with Gasteiger partial charge in [-0.1, -0.05) is 98.8 Å². The molecule has 0 fully saturated rings. The van der Waals surface area contributed by atoms with Crippen LogP contribution in [0.25, 0.3) is 76.5 Å². The summed E-state index contributed by atoms with van der Waals surface area (Å²) < 4.78 is 6.23. The molecular weight excluding hydrogens is 484 g/mol. The molecule has 0 bridgehead atoms. The van der Waals surface area contributed by atoms with Crippen LogP contribution in [0.2, 0.25) is 0 Å². The molecule has 0 N–H and O–H groups in total. The first-order valence-electron chi connectivity index (χ1n) is 14.0. The van der Waals surface area contributed by atoms with Gasteiger partial charge in [0.1, 0.15) is 11.2 Å². The maximum Gasteiger partial charge on any atom is 0.136 e. The molecule has 1 aromatic heterocycles. The van der Waals surface area contributed by atoms with E-state index in [-0.39, 0.29) is 5.41 Å². The third kappa shape index (κ3) is 2.82. The minimum Gasteiger partial charge on any atom is -0.456 e. The van der Waals surface area contributed by atoms with Gasteiger partial charge in [0, 0.05) is 16.2 Å². The lowest BCUT2D eigenvalue weighted by molar-refractivity contribution is 0.661. The fourth-order valence-corrected chi connectivity index (χ4v) is 7.27. The van der Waals surface area contributed by atoms with Crippen molar-refractivity contribution in [2.45, 2.75) is 19.3 Å². The monoisotopic (exact) mass is 510 g/mol. The highest BCUT2D eigenvalue weighted by molar-refractivity contribution is 6.20. The molecule has 1 aliphatic rings. The normalized spacial score (nSPS) is 13.9. The molecule has 1 nitrogen and oxygen atoms in total. The van der Waals surface area contributed by atoms with Gasteiger partial charge in [-0.15, -0.1) is 0 Å². The predicted octanol–water partition coefficient (Wildman–Crippen LogP) is 11.0. The first kappa shape index (κ1) is 22.0. The fraction of sp³-hybridized carbons (Fsp3) is 0.0769. The van der Waals surface area contributed by atoms with Gasteiger partial charge in [0.05, 0.1) is 0 Å². The lowest BCUT2D eigenvalue weighted by Crippen LogP contribution is -2.14. The van der Waals surface area contributed by atoms with E-state index in [4.69, 9.17) is 4.42 Å². The van der Waals surface area contributed by atoms with Gasteiger partial charge in [-0.2, -0.15) is 0 Å². The largest absolute Gasteiger partial charge is 0.456 e. The number of rotatable bonds is 1. The van der Waals surface area contributed by atoms with Crippen LogP contribution in [-0.2, 0) is 5.41 Å². The molecule has 0 saturated heterocycles. The van der Waals surface area contributed by atoms with Gasteiger partial charge >= 0.3 is 0 Å². The second-order valence-electron chi connectivity index (χ2n) is 11.7. The molecule has 0 atom stereocenters. The average Bonchev–Trinajstić information content (AvgIpc) is 3.47. The van der Waals surface area contributed by atoms with Gasteiger partial charge in [-0.25, -0.2) is 0 Å². The summed E-state index contributed by atoms with van der Waals surface area (Å²) in [5.41, 5.74) is 9.83. The van der Waals surface area contributed by atoms with Crippen LogP contribution in [-0.4, -0.2) is 0 Å². The zero-order chi connectivity index (χ0) is 26.6. The zero-order valence-electron chi connectivity index (χ0n) is 22.5. The fourth-order valence-electron chi connectivity index (χ4n) is 7.27. The summed E-state index contributed by atoms with van der Waals surface area (Å²) >= 11 is 0. The predicted molar refractivity (Wildman–Crippen MR) is 169 cm³/mol. The van der Waals surface area contributed by atoms with Gasteiger partial charge in [0.15, 0.2) is 0 Å². The Morgan fingerprint density at radius 3 is 1.90 bits per heavy atom. The molecule has 0 saturated carbocycles. The number of fused-ring (bicyclic) bond motifs is 10. The summed E-state index contributed by atoms with van der Waals surface area (Å²) in [6, 6.07) is 44.6. The van der Waals surface area contributed by atoms with E-state index in [0.29, 0.717) is 0 Å². The molecule has 0 spiro atoms. The smallest absolute Gasteiger partial charge is 0.136 e. The molecule has 40 heavy (non-hydrogen) atoms. The number of hydrogen-bond donors (Lipinski definition) is 0. The van der Waals surface area contributed by atoms with E-state index >= 15 is 0 Å². The van der Waals surface area contributed by atoms with E-state index < -0.39 is 0 Å². The molecular formula is C39H26O. The Kier molecular flexibility index (Phi) is 4.18. The summed E-state index contributed by atoms with van der Waals surface area (Å²) in [7, 11) is 0. The van der Waals surface area contributed by atoms with E-state index in [1.807, 2.05) is 6.07 Å². The van der Waals surface area contributed by atoms with Crippen LogP contribution in [0.15, 0.2) is 126 Å². The Hall–Kier alpha value is -4.88. The Bertz CT molecular complexity index is 2290. The Morgan fingerprint density at radius 2 is 1.12 bits per heavy atom. The van der Waals surface area contributed by atoms with Crippen LogP contribution >= 0.6 is 0 Å². The highest BCUT2D eigenvalue weighted by Gasteiger charge is 2.36. The second kappa shape index (κ2) is 7.61. The van der Waals surface area contributed by atoms with Crippen LogP contribution in [0.4, 0.5) is 0 Å². The van der Waals surface area contributed by atoms with Gasteiger partial charge in [0.25, 0.3) is 0 Å². The lowest BCUT2D eigenvalue weighted by Gasteiger charge is -2.22. The van der Waals surface area contributed by atoms with Crippen LogP contribution in [0, 0.1) is 0 Å². The Morgan fingerprint density at radius 1 is 0.475 bits per heavy atom. The highest BCUT2D eigenvalue weighted by atomic mass is 16.3. The Labute approximate surface area is 232 Å². The number of para-hydroxylation sites is 1. The molecule has 1 aliphatic carbocycles. The van der Waals surface area contributed by atoms with Gasteiger partial charge in [-0.3, -0.25) is 0 Å². The van der Waals surface area contributed by atoms with Crippen LogP contribution < -0.4 is 0 Å². The molecule has 8 aromatic rings. The molecule has 0 aliphatic heterocycles. The van der Waals surface area contributed by atoms with Crippen molar-refractivity contribution in [2.75, 3.05) is 0 Å². The zero-order valence-corrected chi connectivity index (χ0v) is 22.5.